The molecule has 6 nitrogen and oxygen atoms in total. The van der Waals surface area contributed by atoms with Crippen molar-refractivity contribution in [1.29, 1.82) is 0 Å². The molecule has 0 unspecified atom stereocenters. The smallest absolute Gasteiger partial charge is 0.251 e. The van der Waals surface area contributed by atoms with E-state index in [0.717, 1.165) is 5.56 Å². The van der Waals surface area contributed by atoms with E-state index in [1.54, 1.807) is 4.90 Å². The summed E-state index contributed by atoms with van der Waals surface area (Å²) >= 11 is 0. The molecular weight excluding hydrogens is 361 g/mol. The maximum atomic E-state index is 13.0. The standard InChI is InChI=1S/C21H20FN3O3/c22-15-8-6-14(7-9-15)19(26)23-16-11-18-20(27)24-17(21(28)25(18)12-16)10-13-4-2-1-3-5-13/h1-9,16-18H,10-12H2,(H,23,26)(H,24,27)/t16-,17+,18-/m0/s1. The van der Waals surface area contributed by atoms with E-state index in [-0.39, 0.29) is 30.3 Å². The Hall–Kier alpha value is -3.22. The van der Waals surface area contributed by atoms with Crippen molar-refractivity contribution in [3.05, 3.63) is 71.5 Å². The third-order valence-electron chi connectivity index (χ3n) is 5.23. The van der Waals surface area contributed by atoms with Gasteiger partial charge in [0.1, 0.15) is 17.9 Å². The minimum absolute atomic E-state index is 0.132. The molecule has 0 saturated carbocycles. The largest absolute Gasteiger partial charge is 0.347 e. The maximum Gasteiger partial charge on any atom is 0.251 e. The summed E-state index contributed by atoms with van der Waals surface area (Å²) in [5.74, 6) is -1.09. The van der Waals surface area contributed by atoms with E-state index in [0.29, 0.717) is 18.4 Å². The van der Waals surface area contributed by atoms with Gasteiger partial charge in [0.25, 0.3) is 5.91 Å². The number of rotatable bonds is 4. The van der Waals surface area contributed by atoms with Crippen molar-refractivity contribution < 1.29 is 18.8 Å². The number of carbonyl (C=O) groups is 3. The maximum absolute atomic E-state index is 13.0. The molecule has 4 rings (SSSR count). The predicted octanol–water partition coefficient (Wildman–Crippen LogP) is 1.27. The van der Waals surface area contributed by atoms with E-state index in [2.05, 4.69) is 10.6 Å². The van der Waals surface area contributed by atoms with Gasteiger partial charge in [0, 0.05) is 24.6 Å². The van der Waals surface area contributed by atoms with Gasteiger partial charge in [0.05, 0.1) is 0 Å². The molecule has 28 heavy (non-hydrogen) atoms. The monoisotopic (exact) mass is 381 g/mol. The van der Waals surface area contributed by atoms with Crippen LogP contribution in [0.2, 0.25) is 0 Å². The quantitative estimate of drug-likeness (QED) is 0.837. The van der Waals surface area contributed by atoms with Gasteiger partial charge in [-0.05, 0) is 36.2 Å². The highest BCUT2D eigenvalue weighted by molar-refractivity contribution is 5.98. The summed E-state index contributed by atoms with van der Waals surface area (Å²) in [6, 6.07) is 13.3. The molecule has 7 heteroatoms. The summed E-state index contributed by atoms with van der Waals surface area (Å²) < 4.78 is 13.0. The number of hydrogen-bond acceptors (Lipinski definition) is 3. The Morgan fingerprint density at radius 3 is 2.54 bits per heavy atom. The van der Waals surface area contributed by atoms with Gasteiger partial charge in [-0.3, -0.25) is 14.4 Å². The second-order valence-corrected chi connectivity index (χ2v) is 7.17. The Bertz CT molecular complexity index is 901. The minimum Gasteiger partial charge on any atom is -0.347 e. The van der Waals surface area contributed by atoms with Crippen LogP contribution in [-0.2, 0) is 16.0 Å². The molecule has 2 saturated heterocycles. The van der Waals surface area contributed by atoms with Crippen molar-refractivity contribution in [2.75, 3.05) is 6.54 Å². The fraction of sp³-hybridized carbons (Fsp3) is 0.286. The van der Waals surface area contributed by atoms with E-state index < -0.39 is 17.9 Å². The van der Waals surface area contributed by atoms with Gasteiger partial charge in [0.15, 0.2) is 0 Å². The Balaban J connectivity index is 1.42. The van der Waals surface area contributed by atoms with Crippen molar-refractivity contribution in [2.24, 2.45) is 0 Å². The van der Waals surface area contributed by atoms with Crippen LogP contribution >= 0.6 is 0 Å². The number of nitrogens with one attached hydrogen (secondary N) is 2. The third-order valence-corrected chi connectivity index (χ3v) is 5.23. The molecule has 3 amide bonds. The van der Waals surface area contributed by atoms with Crippen LogP contribution in [0.15, 0.2) is 54.6 Å². The number of fused-ring (bicyclic) bond motifs is 1. The molecule has 0 aromatic heterocycles. The average Bonchev–Trinajstić information content (AvgIpc) is 3.12. The summed E-state index contributed by atoms with van der Waals surface area (Å²) in [7, 11) is 0. The first-order valence-electron chi connectivity index (χ1n) is 9.22. The molecule has 2 heterocycles. The van der Waals surface area contributed by atoms with Crippen molar-refractivity contribution >= 4 is 17.7 Å². The SMILES string of the molecule is O=C(N[C@H]1C[C@H]2C(=O)N[C@H](Cc3ccccc3)C(=O)N2C1)c1ccc(F)cc1. The average molecular weight is 381 g/mol. The number of amides is 3. The van der Waals surface area contributed by atoms with Gasteiger partial charge in [0.2, 0.25) is 11.8 Å². The zero-order valence-corrected chi connectivity index (χ0v) is 15.1. The van der Waals surface area contributed by atoms with Crippen LogP contribution in [0.5, 0.6) is 0 Å². The fourth-order valence-corrected chi connectivity index (χ4v) is 3.82. The second-order valence-electron chi connectivity index (χ2n) is 7.17. The van der Waals surface area contributed by atoms with Gasteiger partial charge in [-0.25, -0.2) is 4.39 Å². The first-order chi connectivity index (χ1) is 13.5. The number of benzene rings is 2. The van der Waals surface area contributed by atoms with Crippen LogP contribution in [0.3, 0.4) is 0 Å². The lowest BCUT2D eigenvalue weighted by Crippen LogP contribution is -2.61. The Labute approximate surface area is 161 Å². The summed E-state index contributed by atoms with van der Waals surface area (Å²) in [4.78, 5) is 39.3. The van der Waals surface area contributed by atoms with Gasteiger partial charge in [-0.1, -0.05) is 30.3 Å². The molecule has 2 aromatic rings. The van der Waals surface area contributed by atoms with E-state index in [1.807, 2.05) is 30.3 Å². The summed E-state index contributed by atoms with van der Waals surface area (Å²) in [6.07, 6.45) is 0.795. The van der Waals surface area contributed by atoms with Crippen LogP contribution in [-0.4, -0.2) is 47.3 Å². The molecule has 0 bridgehead atoms. The Kier molecular flexibility index (Phi) is 4.81. The highest BCUT2D eigenvalue weighted by atomic mass is 19.1. The van der Waals surface area contributed by atoms with Gasteiger partial charge in [-0.15, -0.1) is 0 Å². The highest BCUT2D eigenvalue weighted by Crippen LogP contribution is 2.24. The summed E-state index contributed by atoms with van der Waals surface area (Å²) in [5, 5.41) is 5.65. The number of carbonyl (C=O) groups excluding carboxylic acids is 3. The van der Waals surface area contributed by atoms with Crippen molar-refractivity contribution in [2.45, 2.75) is 31.0 Å². The summed E-state index contributed by atoms with van der Waals surface area (Å²) in [5.41, 5.74) is 1.31. The van der Waals surface area contributed by atoms with Crippen LogP contribution in [0, 0.1) is 5.82 Å². The molecule has 2 aliphatic heterocycles. The van der Waals surface area contributed by atoms with E-state index in [9.17, 15) is 18.8 Å². The Morgan fingerprint density at radius 2 is 1.82 bits per heavy atom. The molecule has 3 atom stereocenters. The third kappa shape index (κ3) is 3.60. The molecular formula is C21H20FN3O3. The van der Waals surface area contributed by atoms with Crippen LogP contribution < -0.4 is 10.6 Å². The molecule has 2 aliphatic rings. The van der Waals surface area contributed by atoms with Gasteiger partial charge in [-0.2, -0.15) is 0 Å². The predicted molar refractivity (Wildman–Crippen MR) is 99.8 cm³/mol. The first kappa shape index (κ1) is 18.2. The molecule has 0 aliphatic carbocycles. The van der Waals surface area contributed by atoms with Crippen molar-refractivity contribution in [1.82, 2.24) is 15.5 Å². The molecule has 0 spiro atoms. The second kappa shape index (κ2) is 7.42. The highest BCUT2D eigenvalue weighted by Gasteiger charge is 2.46. The van der Waals surface area contributed by atoms with E-state index in [1.165, 1.54) is 24.3 Å². The molecule has 2 N–H and O–H groups in total. The van der Waals surface area contributed by atoms with Crippen LogP contribution in [0.25, 0.3) is 0 Å². The lowest BCUT2D eigenvalue weighted by molar-refractivity contribution is -0.147. The number of hydrogen-bond donors (Lipinski definition) is 2. The molecule has 144 valence electrons. The fourth-order valence-electron chi connectivity index (χ4n) is 3.82. The molecule has 0 radical (unpaired) electrons. The first-order valence-corrected chi connectivity index (χ1v) is 9.22. The van der Waals surface area contributed by atoms with Crippen LogP contribution in [0.1, 0.15) is 22.3 Å². The molecule has 2 aromatic carbocycles. The van der Waals surface area contributed by atoms with E-state index in [4.69, 9.17) is 0 Å². The number of piperazine rings is 1. The minimum atomic E-state index is -0.599. The van der Waals surface area contributed by atoms with Crippen LogP contribution in [0.4, 0.5) is 4.39 Å². The zero-order valence-electron chi connectivity index (χ0n) is 15.1. The number of nitrogens with zero attached hydrogens (tertiary/aromatic N) is 1. The zero-order chi connectivity index (χ0) is 19.7. The Morgan fingerprint density at radius 1 is 1.11 bits per heavy atom. The molecule has 2 fully saturated rings. The topological polar surface area (TPSA) is 78.5 Å². The normalized spacial score (nSPS) is 23.9. The van der Waals surface area contributed by atoms with Gasteiger partial charge >= 0.3 is 0 Å². The summed E-state index contributed by atoms with van der Waals surface area (Å²) in [6.45, 7) is 0.287. The van der Waals surface area contributed by atoms with Gasteiger partial charge < -0.3 is 15.5 Å². The lowest BCUT2D eigenvalue weighted by Gasteiger charge is -2.34. The lowest BCUT2D eigenvalue weighted by atomic mass is 10.0. The number of halogens is 1. The van der Waals surface area contributed by atoms with Crippen molar-refractivity contribution in [3.63, 3.8) is 0 Å². The van der Waals surface area contributed by atoms with Crippen molar-refractivity contribution in [3.8, 4) is 0 Å². The van der Waals surface area contributed by atoms with E-state index >= 15 is 0 Å².